The number of rotatable bonds is 5. The Morgan fingerprint density at radius 1 is 1.32 bits per heavy atom. The molecule has 1 aliphatic rings. The highest BCUT2D eigenvalue weighted by molar-refractivity contribution is 9.10. The molecular formula is C14H20BrNO3. The molecule has 0 bridgehead atoms. The van der Waals surface area contributed by atoms with Crippen LogP contribution < -0.4 is 9.47 Å². The number of benzene rings is 1. The quantitative estimate of drug-likeness (QED) is 0.900. The van der Waals surface area contributed by atoms with Crippen molar-refractivity contribution >= 4 is 15.9 Å². The van der Waals surface area contributed by atoms with Gasteiger partial charge >= 0.3 is 0 Å². The van der Waals surface area contributed by atoms with Crippen LogP contribution in [0.4, 0.5) is 0 Å². The van der Waals surface area contributed by atoms with E-state index in [2.05, 4.69) is 20.8 Å². The van der Waals surface area contributed by atoms with E-state index in [1.54, 1.807) is 14.2 Å². The van der Waals surface area contributed by atoms with Crippen LogP contribution in [-0.4, -0.2) is 43.4 Å². The van der Waals surface area contributed by atoms with Gasteiger partial charge in [-0.05, 0) is 37.1 Å². The van der Waals surface area contributed by atoms with Crippen molar-refractivity contribution in [3.05, 3.63) is 22.2 Å². The number of aliphatic hydroxyl groups excluding tert-OH is 1. The number of hydrogen-bond acceptors (Lipinski definition) is 4. The maximum atomic E-state index is 9.37. The van der Waals surface area contributed by atoms with Crippen LogP contribution in [0.25, 0.3) is 0 Å². The molecule has 2 rings (SSSR count). The zero-order valence-electron chi connectivity index (χ0n) is 11.4. The van der Waals surface area contributed by atoms with E-state index in [-0.39, 0.29) is 12.6 Å². The number of ether oxygens (including phenoxy) is 2. The second kappa shape index (κ2) is 6.59. The molecule has 1 heterocycles. The van der Waals surface area contributed by atoms with Crippen molar-refractivity contribution < 1.29 is 14.6 Å². The van der Waals surface area contributed by atoms with Gasteiger partial charge < -0.3 is 14.6 Å². The lowest BCUT2D eigenvalue weighted by Crippen LogP contribution is -2.31. The minimum atomic E-state index is 0.227. The summed E-state index contributed by atoms with van der Waals surface area (Å²) < 4.78 is 11.6. The number of aliphatic hydroxyl groups is 1. The van der Waals surface area contributed by atoms with Crippen LogP contribution in [0.15, 0.2) is 16.6 Å². The second-order valence-electron chi connectivity index (χ2n) is 4.75. The summed E-state index contributed by atoms with van der Waals surface area (Å²) in [5.41, 5.74) is 1.15. The summed E-state index contributed by atoms with van der Waals surface area (Å²) in [6.07, 6.45) is 2.22. The third-order valence-corrected chi connectivity index (χ3v) is 4.37. The summed E-state index contributed by atoms with van der Waals surface area (Å²) >= 11 is 3.58. The van der Waals surface area contributed by atoms with Crippen molar-refractivity contribution in [1.29, 1.82) is 0 Å². The topological polar surface area (TPSA) is 41.9 Å². The first kappa shape index (κ1) is 14.6. The van der Waals surface area contributed by atoms with Crippen molar-refractivity contribution in [2.75, 3.05) is 27.4 Å². The van der Waals surface area contributed by atoms with E-state index >= 15 is 0 Å². The molecule has 19 heavy (non-hydrogen) atoms. The Morgan fingerprint density at radius 3 is 2.63 bits per heavy atom. The molecule has 0 amide bonds. The van der Waals surface area contributed by atoms with Gasteiger partial charge in [-0.3, -0.25) is 4.90 Å². The summed E-state index contributed by atoms with van der Waals surface area (Å²) in [5.74, 6) is 1.46. The summed E-state index contributed by atoms with van der Waals surface area (Å²) in [5, 5.41) is 9.37. The van der Waals surface area contributed by atoms with Gasteiger partial charge in [0.15, 0.2) is 11.5 Å². The first-order valence-corrected chi connectivity index (χ1v) is 7.24. The average molecular weight is 330 g/mol. The van der Waals surface area contributed by atoms with Crippen LogP contribution in [0.2, 0.25) is 0 Å². The summed E-state index contributed by atoms with van der Waals surface area (Å²) in [4.78, 5) is 2.31. The van der Waals surface area contributed by atoms with Crippen molar-refractivity contribution in [3.8, 4) is 11.5 Å². The normalized spacial score (nSPS) is 19.7. The van der Waals surface area contributed by atoms with Crippen molar-refractivity contribution in [1.82, 2.24) is 4.90 Å². The molecule has 1 saturated heterocycles. The molecule has 1 fully saturated rings. The predicted octanol–water partition coefficient (Wildman–Crippen LogP) is 2.42. The molecule has 0 unspecified atom stereocenters. The van der Waals surface area contributed by atoms with Crippen LogP contribution in [0.1, 0.15) is 18.4 Å². The third-order valence-electron chi connectivity index (χ3n) is 3.64. The number of halogens is 1. The molecule has 0 aromatic heterocycles. The highest BCUT2D eigenvalue weighted by atomic mass is 79.9. The van der Waals surface area contributed by atoms with E-state index in [1.165, 1.54) is 0 Å². The second-order valence-corrected chi connectivity index (χ2v) is 5.60. The van der Waals surface area contributed by atoms with E-state index < -0.39 is 0 Å². The van der Waals surface area contributed by atoms with Gasteiger partial charge in [0.1, 0.15) is 0 Å². The van der Waals surface area contributed by atoms with Gasteiger partial charge in [-0.25, -0.2) is 0 Å². The van der Waals surface area contributed by atoms with E-state index in [9.17, 15) is 5.11 Å². The molecule has 0 radical (unpaired) electrons. The Labute approximate surface area is 122 Å². The highest BCUT2D eigenvalue weighted by Crippen LogP contribution is 2.34. The fourth-order valence-electron chi connectivity index (χ4n) is 2.55. The third kappa shape index (κ3) is 3.22. The van der Waals surface area contributed by atoms with Gasteiger partial charge in [0, 0.05) is 17.1 Å². The molecule has 1 aromatic carbocycles. The zero-order valence-corrected chi connectivity index (χ0v) is 12.9. The Balaban J connectivity index is 2.20. The molecule has 5 heteroatoms. The smallest absolute Gasteiger partial charge is 0.161 e. The Morgan fingerprint density at radius 2 is 2.00 bits per heavy atom. The number of likely N-dealkylation sites (tertiary alicyclic amines) is 1. The number of methoxy groups -OCH3 is 2. The predicted molar refractivity (Wildman–Crippen MR) is 77.8 cm³/mol. The largest absolute Gasteiger partial charge is 0.493 e. The molecule has 0 aliphatic carbocycles. The lowest BCUT2D eigenvalue weighted by atomic mass is 10.1. The van der Waals surface area contributed by atoms with Crippen LogP contribution in [0, 0.1) is 0 Å². The molecular weight excluding hydrogens is 310 g/mol. The standard InChI is InChI=1S/C14H20BrNO3/c1-18-13-6-10(12(15)7-14(13)19-2)8-16-5-3-4-11(16)9-17/h6-7,11,17H,3-5,8-9H2,1-2H3/t11-/m0/s1. The van der Waals surface area contributed by atoms with Gasteiger partial charge in [-0.2, -0.15) is 0 Å². The molecule has 1 aromatic rings. The molecule has 0 spiro atoms. The molecule has 0 saturated carbocycles. The molecule has 1 N–H and O–H groups in total. The minimum absolute atomic E-state index is 0.227. The maximum Gasteiger partial charge on any atom is 0.161 e. The monoisotopic (exact) mass is 329 g/mol. The van der Waals surface area contributed by atoms with Gasteiger partial charge in [-0.15, -0.1) is 0 Å². The molecule has 4 nitrogen and oxygen atoms in total. The molecule has 1 atom stereocenters. The van der Waals surface area contributed by atoms with Gasteiger partial charge in [0.05, 0.1) is 20.8 Å². The van der Waals surface area contributed by atoms with Crippen molar-refractivity contribution in [2.45, 2.75) is 25.4 Å². The molecule has 106 valence electrons. The fraction of sp³-hybridized carbons (Fsp3) is 0.571. The Hall–Kier alpha value is -0.780. The minimum Gasteiger partial charge on any atom is -0.493 e. The summed E-state index contributed by atoms with van der Waals surface area (Å²) in [6, 6.07) is 4.20. The van der Waals surface area contributed by atoms with Crippen molar-refractivity contribution in [3.63, 3.8) is 0 Å². The number of hydrogen-bond donors (Lipinski definition) is 1. The van der Waals surface area contributed by atoms with Crippen molar-refractivity contribution in [2.24, 2.45) is 0 Å². The van der Waals surface area contributed by atoms with Crippen LogP contribution in [0.5, 0.6) is 11.5 Å². The fourth-order valence-corrected chi connectivity index (χ4v) is 2.99. The lowest BCUT2D eigenvalue weighted by Gasteiger charge is -2.23. The van der Waals surface area contributed by atoms with Crippen LogP contribution in [-0.2, 0) is 6.54 Å². The number of nitrogens with zero attached hydrogens (tertiary/aromatic N) is 1. The van der Waals surface area contributed by atoms with Gasteiger partial charge in [0.25, 0.3) is 0 Å². The Bertz CT molecular complexity index is 439. The van der Waals surface area contributed by atoms with Crippen LogP contribution >= 0.6 is 15.9 Å². The SMILES string of the molecule is COc1cc(Br)c(CN2CCC[C@H]2CO)cc1OC. The maximum absolute atomic E-state index is 9.37. The van der Waals surface area contributed by atoms with E-state index in [1.807, 2.05) is 12.1 Å². The van der Waals surface area contributed by atoms with E-state index in [4.69, 9.17) is 9.47 Å². The van der Waals surface area contributed by atoms with E-state index in [0.717, 1.165) is 47.5 Å². The van der Waals surface area contributed by atoms with E-state index in [0.29, 0.717) is 0 Å². The van der Waals surface area contributed by atoms with Crippen LogP contribution in [0.3, 0.4) is 0 Å². The average Bonchev–Trinajstić information content (AvgIpc) is 2.87. The van der Waals surface area contributed by atoms with Gasteiger partial charge in [0.2, 0.25) is 0 Å². The zero-order chi connectivity index (χ0) is 13.8. The first-order valence-electron chi connectivity index (χ1n) is 6.45. The highest BCUT2D eigenvalue weighted by Gasteiger charge is 2.24. The van der Waals surface area contributed by atoms with Gasteiger partial charge in [-0.1, -0.05) is 15.9 Å². The summed E-state index contributed by atoms with van der Waals surface area (Å²) in [7, 11) is 3.27. The Kier molecular flexibility index (Phi) is 5.07. The lowest BCUT2D eigenvalue weighted by molar-refractivity contribution is 0.153. The molecule has 1 aliphatic heterocycles. The summed E-state index contributed by atoms with van der Waals surface area (Å²) in [6.45, 7) is 2.07. The first-order chi connectivity index (χ1) is 9.19.